The number of pyridine rings is 2. The van der Waals surface area contributed by atoms with Crippen LogP contribution in [-0.2, 0) is 7.05 Å². The van der Waals surface area contributed by atoms with Crippen LogP contribution in [0.25, 0.3) is 22.2 Å². The Kier molecular flexibility index (Phi) is 2.41. The third kappa shape index (κ3) is 1.78. The lowest BCUT2D eigenvalue weighted by molar-refractivity contribution is -0.884. The van der Waals surface area contributed by atoms with Gasteiger partial charge in [-0.1, -0.05) is 11.6 Å². The maximum Gasteiger partial charge on any atom is 0.282 e. The predicted octanol–water partition coefficient (Wildman–Crippen LogP) is 1.81. The quantitative estimate of drug-likeness (QED) is 0.413. The molecular formula is C12H10ClN4O+. The van der Waals surface area contributed by atoms with Crippen molar-refractivity contribution < 1.29 is 9.94 Å². The van der Waals surface area contributed by atoms with E-state index >= 15 is 0 Å². The number of hydrogen-bond acceptors (Lipinski definition) is 3. The summed E-state index contributed by atoms with van der Waals surface area (Å²) < 4.78 is 2.74. The van der Waals surface area contributed by atoms with Crippen LogP contribution >= 0.6 is 11.6 Å². The molecule has 3 heterocycles. The summed E-state index contributed by atoms with van der Waals surface area (Å²) in [4.78, 5) is 4.19. The van der Waals surface area contributed by atoms with Crippen LogP contribution in [0.5, 0.6) is 0 Å². The van der Waals surface area contributed by atoms with Gasteiger partial charge in [0.15, 0.2) is 0 Å². The molecule has 0 saturated heterocycles. The minimum atomic E-state index is 0.394. The normalized spacial score (nSPS) is 11.0. The van der Waals surface area contributed by atoms with E-state index in [4.69, 9.17) is 11.6 Å². The van der Waals surface area contributed by atoms with Crippen molar-refractivity contribution in [1.82, 2.24) is 14.8 Å². The van der Waals surface area contributed by atoms with Crippen molar-refractivity contribution in [3.05, 3.63) is 41.9 Å². The van der Waals surface area contributed by atoms with Crippen LogP contribution < -0.4 is 4.73 Å². The fourth-order valence-corrected chi connectivity index (χ4v) is 2.01. The van der Waals surface area contributed by atoms with E-state index in [2.05, 4.69) is 10.1 Å². The molecule has 0 spiro atoms. The molecule has 90 valence electrons. The lowest BCUT2D eigenvalue weighted by atomic mass is 10.1. The van der Waals surface area contributed by atoms with Gasteiger partial charge in [-0.15, -0.1) is 0 Å². The first-order valence-corrected chi connectivity index (χ1v) is 5.71. The van der Waals surface area contributed by atoms with Crippen molar-refractivity contribution >= 4 is 22.6 Å². The van der Waals surface area contributed by atoms with E-state index < -0.39 is 0 Å². The monoisotopic (exact) mass is 261 g/mol. The summed E-state index contributed by atoms with van der Waals surface area (Å²) in [6.07, 6.45) is 5.21. The Hall–Kier alpha value is -2.14. The molecule has 0 aliphatic carbocycles. The molecule has 0 fully saturated rings. The summed E-state index contributed by atoms with van der Waals surface area (Å²) in [6.45, 7) is 0. The summed E-state index contributed by atoms with van der Waals surface area (Å²) in [5, 5.41) is 14.4. The van der Waals surface area contributed by atoms with Crippen molar-refractivity contribution in [2.75, 3.05) is 0 Å². The Bertz CT molecular complexity index is 738. The van der Waals surface area contributed by atoms with Crippen LogP contribution in [0.15, 0.2) is 36.8 Å². The smallest absolute Gasteiger partial charge is 0.282 e. The van der Waals surface area contributed by atoms with Gasteiger partial charge in [0.1, 0.15) is 10.7 Å². The standard InChI is InChI=1S/C12H10ClN4O/c1-16-6-9(5-14-16)8-4-10-11(17(18)7-8)2-3-12(13)15-10/h2-7,18H,1H3/q+1. The molecule has 6 heteroatoms. The fourth-order valence-electron chi connectivity index (χ4n) is 1.86. The molecule has 1 N–H and O–H groups in total. The Balaban J connectivity index is 2.26. The zero-order valence-electron chi connectivity index (χ0n) is 9.58. The van der Waals surface area contributed by atoms with E-state index in [0.717, 1.165) is 15.9 Å². The minimum Gasteiger partial charge on any atom is -0.284 e. The van der Waals surface area contributed by atoms with Crippen LogP contribution in [0.3, 0.4) is 0 Å². The molecule has 0 atom stereocenters. The van der Waals surface area contributed by atoms with Crippen molar-refractivity contribution in [2.24, 2.45) is 7.05 Å². The molecule has 3 aromatic heterocycles. The number of nitrogens with zero attached hydrogens (tertiary/aromatic N) is 4. The topological polar surface area (TPSA) is 54.8 Å². The first kappa shape index (κ1) is 11.0. The highest BCUT2D eigenvalue weighted by atomic mass is 35.5. The Morgan fingerprint density at radius 1 is 1.33 bits per heavy atom. The Labute approximate surface area is 108 Å². The summed E-state index contributed by atoms with van der Waals surface area (Å²) in [5.41, 5.74) is 2.97. The first-order chi connectivity index (χ1) is 8.63. The molecule has 5 nitrogen and oxygen atoms in total. The van der Waals surface area contributed by atoms with Crippen LogP contribution in [0.4, 0.5) is 0 Å². The summed E-state index contributed by atoms with van der Waals surface area (Å²) >= 11 is 5.86. The number of fused-ring (bicyclic) bond motifs is 1. The number of hydrogen-bond donors (Lipinski definition) is 1. The molecule has 3 rings (SSSR count). The number of halogens is 1. The van der Waals surface area contributed by atoms with Gasteiger partial charge < -0.3 is 0 Å². The average Bonchev–Trinajstić information content (AvgIpc) is 2.75. The van der Waals surface area contributed by atoms with Gasteiger partial charge in [-0.25, -0.2) is 4.98 Å². The van der Waals surface area contributed by atoms with Crippen LogP contribution in [-0.4, -0.2) is 20.0 Å². The summed E-state index contributed by atoms with van der Waals surface area (Å²) in [5.74, 6) is 0. The molecule has 0 radical (unpaired) electrons. The van der Waals surface area contributed by atoms with Gasteiger partial charge in [0.05, 0.1) is 11.8 Å². The number of aromatic nitrogens is 4. The molecule has 3 aromatic rings. The maximum absolute atomic E-state index is 9.92. The van der Waals surface area contributed by atoms with Crippen molar-refractivity contribution in [3.8, 4) is 11.1 Å². The molecule has 0 aromatic carbocycles. The Morgan fingerprint density at radius 3 is 2.89 bits per heavy atom. The predicted molar refractivity (Wildman–Crippen MR) is 66.3 cm³/mol. The van der Waals surface area contributed by atoms with Gasteiger partial charge in [-0.2, -0.15) is 5.10 Å². The molecular weight excluding hydrogens is 252 g/mol. The molecule has 0 unspecified atom stereocenters. The zero-order valence-corrected chi connectivity index (χ0v) is 10.3. The van der Waals surface area contributed by atoms with Gasteiger partial charge in [-0.05, 0) is 12.1 Å². The number of aryl methyl sites for hydroxylation is 1. The van der Waals surface area contributed by atoms with E-state index in [1.807, 2.05) is 19.3 Å². The van der Waals surface area contributed by atoms with E-state index in [9.17, 15) is 5.21 Å². The van der Waals surface area contributed by atoms with Crippen LogP contribution in [0, 0.1) is 0 Å². The van der Waals surface area contributed by atoms with Crippen molar-refractivity contribution in [1.29, 1.82) is 0 Å². The highest BCUT2D eigenvalue weighted by Gasteiger charge is 2.14. The molecule has 0 bridgehead atoms. The van der Waals surface area contributed by atoms with E-state index in [0.29, 0.717) is 16.2 Å². The summed E-state index contributed by atoms with van der Waals surface area (Å²) in [7, 11) is 1.84. The highest BCUT2D eigenvalue weighted by Crippen LogP contribution is 2.21. The van der Waals surface area contributed by atoms with Crippen LogP contribution in [0.2, 0.25) is 5.15 Å². The maximum atomic E-state index is 9.92. The molecule has 0 amide bonds. The van der Waals surface area contributed by atoms with Gasteiger partial charge in [0, 0.05) is 29.6 Å². The number of rotatable bonds is 1. The second kappa shape index (κ2) is 3.96. The van der Waals surface area contributed by atoms with Crippen molar-refractivity contribution in [2.45, 2.75) is 0 Å². The molecule has 18 heavy (non-hydrogen) atoms. The van der Waals surface area contributed by atoms with Crippen LogP contribution in [0.1, 0.15) is 0 Å². The van der Waals surface area contributed by atoms with Gasteiger partial charge in [-0.3, -0.25) is 9.89 Å². The third-order valence-electron chi connectivity index (χ3n) is 2.71. The Morgan fingerprint density at radius 2 is 2.17 bits per heavy atom. The lowest BCUT2D eigenvalue weighted by Crippen LogP contribution is -2.30. The van der Waals surface area contributed by atoms with E-state index in [-0.39, 0.29) is 0 Å². The second-order valence-electron chi connectivity index (χ2n) is 4.01. The van der Waals surface area contributed by atoms with Gasteiger partial charge >= 0.3 is 0 Å². The largest absolute Gasteiger partial charge is 0.284 e. The van der Waals surface area contributed by atoms with Gasteiger partial charge in [0.2, 0.25) is 6.20 Å². The average molecular weight is 262 g/mol. The SMILES string of the molecule is Cn1cc(-c2cc3nc(Cl)ccc3[n+](O)c2)cn1. The second-order valence-corrected chi connectivity index (χ2v) is 4.40. The van der Waals surface area contributed by atoms with E-state index in [1.54, 1.807) is 29.2 Å². The lowest BCUT2D eigenvalue weighted by Gasteiger charge is -1.98. The first-order valence-electron chi connectivity index (χ1n) is 5.34. The highest BCUT2D eigenvalue weighted by molar-refractivity contribution is 6.29. The van der Waals surface area contributed by atoms with E-state index in [1.165, 1.54) is 0 Å². The van der Waals surface area contributed by atoms with Crippen molar-refractivity contribution in [3.63, 3.8) is 0 Å². The minimum absolute atomic E-state index is 0.394. The molecule has 0 saturated carbocycles. The summed E-state index contributed by atoms with van der Waals surface area (Å²) in [6, 6.07) is 5.23. The third-order valence-corrected chi connectivity index (χ3v) is 2.92. The van der Waals surface area contributed by atoms with Gasteiger partial charge in [0.25, 0.3) is 5.52 Å². The molecule has 0 aliphatic rings. The molecule has 0 aliphatic heterocycles. The fraction of sp³-hybridized carbons (Fsp3) is 0.0833. The zero-order chi connectivity index (χ0) is 12.7.